The summed E-state index contributed by atoms with van der Waals surface area (Å²) in [4.78, 5) is 71.7. The molecule has 4 amide bonds. The molecule has 2 aliphatic rings. The van der Waals surface area contributed by atoms with Crippen LogP contribution in [0.5, 0.6) is 5.75 Å². The van der Waals surface area contributed by atoms with Crippen molar-refractivity contribution in [2.24, 2.45) is 5.41 Å². The second kappa shape index (κ2) is 28.4. The summed E-state index contributed by atoms with van der Waals surface area (Å²) in [5.41, 5.74) is 5.87. The van der Waals surface area contributed by atoms with Gasteiger partial charge in [0.1, 0.15) is 54.7 Å². The first-order valence-electron chi connectivity index (χ1n) is 26.6. The van der Waals surface area contributed by atoms with Crippen LogP contribution in [0.4, 0.5) is 21.6 Å². The maximum Gasteiger partial charge on any atom is 0.248 e. The summed E-state index contributed by atoms with van der Waals surface area (Å²) < 4.78 is 38.7. The van der Waals surface area contributed by atoms with E-state index >= 15 is 0 Å². The molecule has 80 heavy (non-hydrogen) atoms. The molecule has 0 radical (unpaired) electrons. The predicted molar refractivity (Wildman–Crippen MR) is 301 cm³/mol. The molecule has 2 fully saturated rings. The molecular weight excluding hydrogens is 1070 g/mol. The summed E-state index contributed by atoms with van der Waals surface area (Å²) in [6.07, 6.45) is 9.16. The van der Waals surface area contributed by atoms with Gasteiger partial charge in [-0.25, -0.2) is 24.0 Å². The lowest BCUT2D eigenvalue weighted by molar-refractivity contribution is -0.144. The highest BCUT2D eigenvalue weighted by molar-refractivity contribution is 7.13. The highest BCUT2D eigenvalue weighted by Crippen LogP contribution is 2.35. The van der Waals surface area contributed by atoms with Crippen LogP contribution < -0.4 is 26.0 Å². The average Bonchev–Trinajstić information content (AvgIpc) is 4.23. The SMILES string of the molecule is Cc1ncsc1-c1ccc(CNC(=O)[C@@H]2C[C@@H](O)CN2C(=O)[C@@H](NC(=O)COCCOCCOCCn2cc(COc3cc4ncnc(Nc5ccc(F)c(Cl)c5)c4cc3NC(=O)/C=C/CN3CCCCC3)nn2)C(C)(C)C)cc1. The molecule has 5 heterocycles. The van der Waals surface area contributed by atoms with E-state index in [1.807, 2.05) is 58.0 Å². The molecule has 426 valence electrons. The Kier molecular flexibility index (Phi) is 21.0. The van der Waals surface area contributed by atoms with Crippen LogP contribution in [0, 0.1) is 18.2 Å². The van der Waals surface area contributed by atoms with Gasteiger partial charge in [0.2, 0.25) is 23.6 Å². The van der Waals surface area contributed by atoms with Crippen LogP contribution >= 0.6 is 22.9 Å². The molecule has 5 N–H and O–H groups in total. The lowest BCUT2D eigenvalue weighted by atomic mass is 9.85. The smallest absolute Gasteiger partial charge is 0.248 e. The maximum absolute atomic E-state index is 14.0. The average molecular weight is 1140 g/mol. The summed E-state index contributed by atoms with van der Waals surface area (Å²) in [6, 6.07) is 13.6. The highest BCUT2D eigenvalue weighted by atomic mass is 35.5. The second-order valence-corrected chi connectivity index (χ2v) is 21.8. The monoisotopic (exact) mass is 1140 g/mol. The minimum absolute atomic E-state index is 0.0219. The first kappa shape index (κ1) is 59.1. The van der Waals surface area contributed by atoms with E-state index in [4.69, 9.17) is 30.5 Å². The fourth-order valence-corrected chi connectivity index (χ4v) is 10.1. The third kappa shape index (κ3) is 16.8. The number of fused-ring (bicyclic) bond motifs is 1. The summed E-state index contributed by atoms with van der Waals surface area (Å²) in [7, 11) is 0. The van der Waals surface area contributed by atoms with Gasteiger partial charge in [-0.1, -0.05) is 74.3 Å². The number of aliphatic hydroxyl groups excluding tert-OH is 1. The van der Waals surface area contributed by atoms with Crippen molar-refractivity contribution < 1.29 is 47.6 Å². The van der Waals surface area contributed by atoms with Gasteiger partial charge in [-0.05, 0) is 73.7 Å². The summed E-state index contributed by atoms with van der Waals surface area (Å²) in [6.45, 7) is 11.6. The molecule has 0 aliphatic carbocycles. The second-order valence-electron chi connectivity index (χ2n) is 20.6. The molecule has 0 spiro atoms. The molecule has 2 aliphatic heterocycles. The minimum atomic E-state index is -0.994. The number of halogens is 2. The van der Waals surface area contributed by atoms with Crippen molar-refractivity contribution in [1.29, 1.82) is 0 Å². The van der Waals surface area contributed by atoms with Gasteiger partial charge in [-0.3, -0.25) is 24.1 Å². The van der Waals surface area contributed by atoms with E-state index in [1.165, 1.54) is 41.9 Å². The number of carbonyl (C=O) groups is 4. The molecule has 21 nitrogen and oxygen atoms in total. The molecule has 6 aromatic rings. The van der Waals surface area contributed by atoms with Crippen LogP contribution in [-0.4, -0.2) is 152 Å². The van der Waals surface area contributed by atoms with Crippen LogP contribution in [0.25, 0.3) is 21.3 Å². The Bertz CT molecular complexity index is 3100. The molecule has 0 unspecified atom stereocenters. The van der Waals surface area contributed by atoms with Crippen LogP contribution in [0.3, 0.4) is 0 Å². The lowest BCUT2D eigenvalue weighted by Crippen LogP contribution is -2.58. The number of ether oxygens (including phenoxy) is 4. The molecule has 3 aromatic heterocycles. The number of hydrogen-bond acceptors (Lipinski definition) is 17. The molecular formula is C56H68ClFN12O9S. The van der Waals surface area contributed by atoms with E-state index in [0.29, 0.717) is 59.2 Å². The van der Waals surface area contributed by atoms with Crippen molar-refractivity contribution in [1.82, 2.24) is 50.4 Å². The first-order valence-corrected chi connectivity index (χ1v) is 27.8. The third-order valence-corrected chi connectivity index (χ3v) is 14.6. The Morgan fingerprint density at radius 2 is 1.71 bits per heavy atom. The number of carbonyl (C=O) groups excluding carboxylic acids is 4. The molecule has 0 bridgehead atoms. The molecule has 0 saturated carbocycles. The van der Waals surface area contributed by atoms with E-state index in [0.717, 1.165) is 47.6 Å². The van der Waals surface area contributed by atoms with E-state index in [2.05, 4.69) is 51.4 Å². The number of β-amino-alcohol motifs (C(OH)–C–C–N with tert-alkyl or cyclic N) is 1. The number of amides is 4. The van der Waals surface area contributed by atoms with Gasteiger partial charge in [0.15, 0.2) is 0 Å². The number of benzene rings is 3. The van der Waals surface area contributed by atoms with Crippen LogP contribution in [0.1, 0.15) is 63.4 Å². The number of aliphatic hydroxyl groups is 1. The van der Waals surface area contributed by atoms with Gasteiger partial charge in [0.05, 0.1) is 84.2 Å². The highest BCUT2D eigenvalue weighted by Gasteiger charge is 2.44. The Balaban J connectivity index is 0.740. The van der Waals surface area contributed by atoms with E-state index in [-0.39, 0.29) is 76.0 Å². The molecule has 24 heteroatoms. The number of nitrogens with one attached hydrogen (secondary N) is 4. The Morgan fingerprint density at radius 3 is 2.45 bits per heavy atom. The Labute approximate surface area is 472 Å². The van der Waals surface area contributed by atoms with Gasteiger partial charge >= 0.3 is 0 Å². The number of aromatic nitrogens is 6. The normalized spacial score (nSPS) is 16.3. The predicted octanol–water partition coefficient (Wildman–Crippen LogP) is 6.61. The van der Waals surface area contributed by atoms with Gasteiger partial charge in [-0.15, -0.1) is 16.4 Å². The largest absolute Gasteiger partial charge is 0.485 e. The van der Waals surface area contributed by atoms with Gasteiger partial charge < -0.3 is 50.2 Å². The molecule has 3 atom stereocenters. The fourth-order valence-electron chi connectivity index (χ4n) is 9.15. The molecule has 3 aromatic carbocycles. The van der Waals surface area contributed by atoms with Gasteiger partial charge in [0.25, 0.3) is 0 Å². The third-order valence-electron chi connectivity index (χ3n) is 13.4. The number of hydrogen-bond donors (Lipinski definition) is 5. The van der Waals surface area contributed by atoms with Crippen molar-refractivity contribution in [2.45, 2.75) is 91.3 Å². The van der Waals surface area contributed by atoms with Crippen molar-refractivity contribution >= 4 is 74.7 Å². The first-order chi connectivity index (χ1) is 38.6. The van der Waals surface area contributed by atoms with Crippen molar-refractivity contribution in [2.75, 3.05) is 76.5 Å². The van der Waals surface area contributed by atoms with Crippen molar-refractivity contribution in [3.05, 3.63) is 113 Å². The summed E-state index contributed by atoms with van der Waals surface area (Å²) >= 11 is 7.60. The number of rotatable bonds is 26. The zero-order valence-electron chi connectivity index (χ0n) is 45.3. The fraction of sp³-hybridized carbons (Fsp3) is 0.446. The lowest BCUT2D eigenvalue weighted by Gasteiger charge is -2.35. The standard InChI is InChI=1S/C56H68ClFN12O9S/c1-36-51(80-35-62-36)38-12-10-37(11-13-38)29-59-54(74)47-26-41(71)31-70(47)55(75)52(56(2,3)4)65-50(73)33-78-24-23-77-22-21-76-20-19-69-30-40(66-67-69)32-79-48-28-45-42(53(61-34-60-45)63-39-14-15-44(58)43(57)25-39)27-46(48)64-49(72)9-8-18-68-16-6-5-7-17-68/h8-15,25,27-28,30,34-35,41,47,52,71H,5-7,16-24,26,29,31-33H2,1-4H3,(H,59,74)(H,64,72)(H,65,73)(H,60,61,63)/b9-8+/t41-,47+,52-/m1/s1. The maximum atomic E-state index is 14.0. The number of thiazole rings is 1. The summed E-state index contributed by atoms with van der Waals surface area (Å²) in [5.74, 6) is -1.51. The van der Waals surface area contributed by atoms with Crippen molar-refractivity contribution in [3.8, 4) is 16.2 Å². The van der Waals surface area contributed by atoms with Crippen molar-refractivity contribution in [3.63, 3.8) is 0 Å². The quantitative estimate of drug-likeness (QED) is 0.0283. The molecule has 8 rings (SSSR count). The number of aryl methyl sites for hydroxylation is 1. The van der Waals surface area contributed by atoms with Crippen LogP contribution in [0.2, 0.25) is 5.02 Å². The minimum Gasteiger partial charge on any atom is -0.485 e. The van der Waals surface area contributed by atoms with Gasteiger partial charge in [-0.2, -0.15) is 0 Å². The zero-order chi connectivity index (χ0) is 56.6. The summed E-state index contributed by atoms with van der Waals surface area (Å²) in [5, 5.41) is 31.4. The number of likely N-dealkylation sites (tertiary alicyclic amines) is 2. The van der Waals surface area contributed by atoms with E-state index in [9.17, 15) is 28.7 Å². The number of anilines is 3. The zero-order valence-corrected chi connectivity index (χ0v) is 46.9. The van der Waals surface area contributed by atoms with E-state index < -0.39 is 41.2 Å². The number of piperidine rings is 1. The van der Waals surface area contributed by atoms with Gasteiger partial charge in [0, 0.05) is 49.3 Å². The van der Waals surface area contributed by atoms with E-state index in [1.54, 1.807) is 39.9 Å². The van der Waals surface area contributed by atoms with Crippen LogP contribution in [-0.2, 0) is 53.1 Å². The van der Waals surface area contributed by atoms with Crippen LogP contribution in [0.15, 0.2) is 84.8 Å². The topological polar surface area (TPSA) is 249 Å². The number of nitrogens with zero attached hydrogens (tertiary/aromatic N) is 8. The molecule has 2 saturated heterocycles. The Hall–Kier alpha value is -6.99. The Morgan fingerprint density at radius 1 is 0.950 bits per heavy atom.